The lowest BCUT2D eigenvalue weighted by Gasteiger charge is -2.61. The number of carbonyl (C=O) groups is 1. The molecule has 0 radical (unpaired) electrons. The maximum absolute atomic E-state index is 13.9. The van der Waals surface area contributed by atoms with E-state index in [1.165, 1.54) is 11.1 Å². The lowest BCUT2D eigenvalue weighted by molar-refractivity contribution is -0.297. The molecular formula is C30H48O4. The van der Waals surface area contributed by atoms with Crippen LogP contribution in [0.25, 0.3) is 0 Å². The first-order valence-corrected chi connectivity index (χ1v) is 13.6. The number of Topliss-reactive ketones (excluding diaryl/α,β-unsaturated/α-hetero) is 1. The highest BCUT2D eigenvalue weighted by atomic mass is 17.1. The van der Waals surface area contributed by atoms with Crippen LogP contribution < -0.4 is 0 Å². The number of rotatable bonds is 5. The zero-order valence-electron chi connectivity index (χ0n) is 22.8. The van der Waals surface area contributed by atoms with Gasteiger partial charge in [-0.2, -0.15) is 0 Å². The molecule has 34 heavy (non-hydrogen) atoms. The van der Waals surface area contributed by atoms with Gasteiger partial charge in [0.2, 0.25) is 0 Å². The summed E-state index contributed by atoms with van der Waals surface area (Å²) in [4.78, 5) is 18.5. The Kier molecular flexibility index (Phi) is 6.36. The van der Waals surface area contributed by atoms with Crippen LogP contribution in [0.1, 0.15) is 107 Å². The highest BCUT2D eigenvalue weighted by Crippen LogP contribution is 2.71. The average Bonchev–Trinajstić information content (AvgIpc) is 3.04. The fraction of sp³-hybridized carbons (Fsp3) is 0.833. The van der Waals surface area contributed by atoms with Crippen molar-refractivity contribution in [1.29, 1.82) is 0 Å². The van der Waals surface area contributed by atoms with Gasteiger partial charge in [0.05, 0.1) is 6.10 Å². The van der Waals surface area contributed by atoms with Crippen molar-refractivity contribution < 1.29 is 20.0 Å². The van der Waals surface area contributed by atoms with Gasteiger partial charge in [-0.1, -0.05) is 59.3 Å². The van der Waals surface area contributed by atoms with Crippen LogP contribution in [0.3, 0.4) is 0 Å². The van der Waals surface area contributed by atoms with Crippen LogP contribution in [0.4, 0.5) is 0 Å². The van der Waals surface area contributed by atoms with Crippen molar-refractivity contribution in [1.82, 2.24) is 0 Å². The summed E-state index contributed by atoms with van der Waals surface area (Å²) in [5.74, 6) is 1.66. The van der Waals surface area contributed by atoms with Crippen LogP contribution in [0.2, 0.25) is 0 Å². The SMILES string of the molecule is C[C@H](C/C=C/C(C)(C)OO)[C@@H]1CC[C@]2(C)C3=C(CC[C@@]12C)[C@@]1(C)CC[C@H](O)C(C)(C)[C@@H]1CC3=O. The van der Waals surface area contributed by atoms with Crippen molar-refractivity contribution in [2.75, 3.05) is 0 Å². The molecule has 0 heterocycles. The summed E-state index contributed by atoms with van der Waals surface area (Å²) in [7, 11) is 0. The van der Waals surface area contributed by atoms with Gasteiger partial charge in [-0.3, -0.25) is 10.1 Å². The first-order chi connectivity index (χ1) is 15.6. The van der Waals surface area contributed by atoms with Crippen LogP contribution in [-0.2, 0) is 9.68 Å². The quantitative estimate of drug-likeness (QED) is 0.254. The van der Waals surface area contributed by atoms with Gasteiger partial charge in [0, 0.05) is 17.4 Å². The Morgan fingerprint density at radius 3 is 2.44 bits per heavy atom. The molecule has 0 aromatic carbocycles. The summed E-state index contributed by atoms with van der Waals surface area (Å²) in [5.41, 5.74) is 1.82. The minimum Gasteiger partial charge on any atom is -0.393 e. The summed E-state index contributed by atoms with van der Waals surface area (Å²) >= 11 is 0. The fourth-order valence-corrected chi connectivity index (χ4v) is 9.07. The van der Waals surface area contributed by atoms with E-state index in [-0.39, 0.29) is 33.7 Å². The predicted molar refractivity (Wildman–Crippen MR) is 136 cm³/mol. The highest BCUT2D eigenvalue weighted by Gasteiger charge is 2.65. The van der Waals surface area contributed by atoms with Crippen molar-refractivity contribution in [2.24, 2.45) is 39.4 Å². The second kappa shape index (κ2) is 8.28. The molecule has 0 spiro atoms. The number of aliphatic hydroxyl groups excluding tert-OH is 1. The van der Waals surface area contributed by atoms with Gasteiger partial charge in [-0.15, -0.1) is 0 Å². The lowest BCUT2D eigenvalue weighted by atomic mass is 9.43. The number of fused-ring (bicyclic) bond motifs is 4. The Morgan fingerprint density at radius 2 is 1.79 bits per heavy atom. The van der Waals surface area contributed by atoms with Crippen molar-refractivity contribution in [3.8, 4) is 0 Å². The number of ketones is 1. The molecule has 4 nitrogen and oxygen atoms in total. The number of hydrogen-bond acceptors (Lipinski definition) is 4. The van der Waals surface area contributed by atoms with Gasteiger partial charge in [0.15, 0.2) is 5.78 Å². The monoisotopic (exact) mass is 472 g/mol. The topological polar surface area (TPSA) is 66.8 Å². The standard InChI is InChI=1S/C30H48O4/c1-19(10-9-14-26(2,3)34-33)20-11-17-30(8)25-21(12-16-29(20,30)7)28(6)15-13-24(32)27(4,5)23(28)18-22(25)31/h9,14,19-20,23-24,32-33H,10-13,15-18H2,1-8H3/b14-9+/t19-,20+,23+,24+,28-,29+,30-/m1/s1. The van der Waals surface area contributed by atoms with Gasteiger partial charge in [-0.05, 0) is 92.8 Å². The Balaban J connectivity index is 1.67. The van der Waals surface area contributed by atoms with Crippen molar-refractivity contribution >= 4 is 5.78 Å². The average molecular weight is 473 g/mol. The third-order valence-corrected chi connectivity index (χ3v) is 11.6. The Bertz CT molecular complexity index is 897. The second-order valence-electron chi connectivity index (χ2n) is 14.0. The molecule has 7 atom stereocenters. The van der Waals surface area contributed by atoms with Gasteiger partial charge in [0.25, 0.3) is 0 Å². The number of aliphatic hydroxyl groups is 1. The fourth-order valence-electron chi connectivity index (χ4n) is 9.07. The first kappa shape index (κ1) is 26.1. The molecule has 2 saturated carbocycles. The zero-order chi connectivity index (χ0) is 25.3. The minimum atomic E-state index is -0.666. The largest absolute Gasteiger partial charge is 0.393 e. The Labute approximate surface area is 207 Å². The molecule has 0 saturated heterocycles. The number of allylic oxidation sites excluding steroid dienone is 3. The van der Waals surface area contributed by atoms with Gasteiger partial charge in [0.1, 0.15) is 5.60 Å². The number of carbonyl (C=O) groups excluding carboxylic acids is 1. The third-order valence-electron chi connectivity index (χ3n) is 11.6. The lowest BCUT2D eigenvalue weighted by Crippen LogP contribution is -2.57. The van der Waals surface area contributed by atoms with Crippen molar-refractivity contribution in [2.45, 2.75) is 118 Å². The van der Waals surface area contributed by atoms with Crippen LogP contribution in [0.15, 0.2) is 23.3 Å². The van der Waals surface area contributed by atoms with Gasteiger partial charge < -0.3 is 5.11 Å². The summed E-state index contributed by atoms with van der Waals surface area (Å²) in [6.45, 7) is 17.7. The van der Waals surface area contributed by atoms with E-state index in [0.29, 0.717) is 24.0 Å². The molecule has 4 rings (SSSR count). The van der Waals surface area contributed by atoms with E-state index in [9.17, 15) is 9.90 Å². The second-order valence-corrected chi connectivity index (χ2v) is 14.0. The van der Waals surface area contributed by atoms with E-state index < -0.39 is 5.60 Å². The van der Waals surface area contributed by atoms with E-state index in [4.69, 9.17) is 5.26 Å². The third kappa shape index (κ3) is 3.61. The Morgan fingerprint density at radius 1 is 1.12 bits per heavy atom. The zero-order valence-corrected chi connectivity index (χ0v) is 22.8. The molecule has 2 fully saturated rings. The van der Waals surface area contributed by atoms with Crippen LogP contribution in [-0.4, -0.2) is 27.9 Å². The molecule has 192 valence electrons. The van der Waals surface area contributed by atoms with Crippen LogP contribution >= 0.6 is 0 Å². The molecule has 0 unspecified atom stereocenters. The summed E-state index contributed by atoms with van der Waals surface area (Å²) in [6, 6.07) is 0. The number of hydrogen-bond donors (Lipinski definition) is 2. The van der Waals surface area contributed by atoms with Crippen molar-refractivity contribution in [3.63, 3.8) is 0 Å². The summed E-state index contributed by atoms with van der Waals surface area (Å²) in [5, 5.41) is 19.9. The molecule has 0 bridgehead atoms. The Hall–Kier alpha value is -0.970. The molecule has 4 heteroatoms. The smallest absolute Gasteiger partial charge is 0.159 e. The summed E-state index contributed by atoms with van der Waals surface area (Å²) < 4.78 is 0. The molecule has 0 aliphatic heterocycles. The van der Waals surface area contributed by atoms with E-state index in [1.54, 1.807) is 0 Å². The van der Waals surface area contributed by atoms with Gasteiger partial charge >= 0.3 is 0 Å². The molecule has 0 amide bonds. The summed E-state index contributed by atoms with van der Waals surface area (Å²) in [6.07, 6.45) is 11.6. The van der Waals surface area contributed by atoms with Crippen LogP contribution in [0, 0.1) is 39.4 Å². The normalized spacial score (nSPS) is 43.0. The first-order valence-electron chi connectivity index (χ1n) is 13.6. The molecule has 0 aromatic rings. The van der Waals surface area contributed by atoms with E-state index in [2.05, 4.69) is 52.5 Å². The predicted octanol–water partition coefficient (Wildman–Crippen LogP) is 7.13. The maximum atomic E-state index is 13.9. The van der Waals surface area contributed by atoms with Crippen LogP contribution in [0.5, 0.6) is 0 Å². The minimum absolute atomic E-state index is 0.0264. The maximum Gasteiger partial charge on any atom is 0.159 e. The van der Waals surface area contributed by atoms with E-state index in [1.807, 2.05) is 19.9 Å². The molecule has 2 N–H and O–H groups in total. The molecule has 4 aliphatic carbocycles. The highest BCUT2D eigenvalue weighted by molar-refractivity contribution is 5.99. The molecule has 4 aliphatic rings. The van der Waals surface area contributed by atoms with E-state index in [0.717, 1.165) is 44.9 Å². The molecule has 0 aromatic heterocycles. The van der Waals surface area contributed by atoms with Crippen molar-refractivity contribution in [3.05, 3.63) is 23.3 Å². The van der Waals surface area contributed by atoms with Gasteiger partial charge in [-0.25, -0.2) is 4.89 Å². The van der Waals surface area contributed by atoms with E-state index >= 15 is 0 Å². The molecular weight excluding hydrogens is 424 g/mol.